The Labute approximate surface area is 189 Å². The summed E-state index contributed by atoms with van der Waals surface area (Å²) in [5, 5.41) is 4.52. The van der Waals surface area contributed by atoms with E-state index in [4.69, 9.17) is 16.3 Å². The summed E-state index contributed by atoms with van der Waals surface area (Å²) in [6.45, 7) is 1.03. The number of ether oxygens (including phenoxy) is 1. The predicted octanol–water partition coefficient (Wildman–Crippen LogP) is 4.12. The standard InChI is InChI=1S/C20H17ClF3N5O2S/c1-31-18-14(21)3-4-15(26-18)12-6-8-28(9-7-12)17-10-25-29(19(30)27-17)11-13-2-5-16(32-13)20(22,23)24/h2-6,10H,7-9,11H2,1H3. The van der Waals surface area contributed by atoms with E-state index in [0.717, 1.165) is 22.0 Å². The zero-order valence-corrected chi connectivity index (χ0v) is 18.3. The fourth-order valence-corrected chi connectivity index (χ4v) is 4.27. The van der Waals surface area contributed by atoms with Gasteiger partial charge in [-0.15, -0.1) is 11.3 Å². The Balaban J connectivity index is 1.46. The Morgan fingerprint density at radius 1 is 1.22 bits per heavy atom. The van der Waals surface area contributed by atoms with Crippen LogP contribution < -0.4 is 15.3 Å². The van der Waals surface area contributed by atoms with Gasteiger partial charge >= 0.3 is 11.9 Å². The SMILES string of the molecule is COc1nc(C2=CCN(c3cnn(Cc4ccc(C(F)(F)F)s4)c(=O)n3)CC2)ccc1Cl. The first-order valence-electron chi connectivity index (χ1n) is 9.49. The number of halogens is 4. The van der Waals surface area contributed by atoms with Gasteiger partial charge in [-0.1, -0.05) is 17.7 Å². The summed E-state index contributed by atoms with van der Waals surface area (Å²) in [5.74, 6) is 0.764. The van der Waals surface area contributed by atoms with Crippen LogP contribution in [0.1, 0.15) is 21.9 Å². The van der Waals surface area contributed by atoms with Crippen molar-refractivity contribution >= 4 is 34.3 Å². The second-order valence-electron chi connectivity index (χ2n) is 6.93. The number of hydrogen-bond donors (Lipinski definition) is 0. The maximum atomic E-state index is 12.8. The third kappa shape index (κ3) is 4.78. The summed E-state index contributed by atoms with van der Waals surface area (Å²) in [6, 6.07) is 5.89. The van der Waals surface area contributed by atoms with Crippen molar-refractivity contribution in [1.82, 2.24) is 19.7 Å². The quantitative estimate of drug-likeness (QED) is 0.543. The molecule has 3 aromatic rings. The first-order chi connectivity index (χ1) is 15.2. The molecule has 0 N–H and O–H groups in total. The lowest BCUT2D eigenvalue weighted by molar-refractivity contribution is -0.134. The van der Waals surface area contributed by atoms with E-state index in [1.54, 1.807) is 6.07 Å². The molecule has 0 saturated carbocycles. The van der Waals surface area contributed by atoms with E-state index in [9.17, 15) is 18.0 Å². The van der Waals surface area contributed by atoms with Crippen LogP contribution in [0.5, 0.6) is 5.88 Å². The lowest BCUT2D eigenvalue weighted by atomic mass is 10.0. The number of methoxy groups -OCH3 is 1. The largest absolute Gasteiger partial charge is 0.480 e. The number of anilines is 1. The van der Waals surface area contributed by atoms with Crippen molar-refractivity contribution in [1.29, 1.82) is 0 Å². The zero-order chi connectivity index (χ0) is 22.9. The molecule has 0 unspecified atom stereocenters. The van der Waals surface area contributed by atoms with Gasteiger partial charge in [-0.2, -0.15) is 23.3 Å². The van der Waals surface area contributed by atoms with E-state index < -0.39 is 16.7 Å². The van der Waals surface area contributed by atoms with Crippen LogP contribution in [0.15, 0.2) is 41.3 Å². The normalized spacial score (nSPS) is 14.4. The van der Waals surface area contributed by atoms with Crippen molar-refractivity contribution in [2.24, 2.45) is 0 Å². The van der Waals surface area contributed by atoms with E-state index in [1.807, 2.05) is 17.0 Å². The van der Waals surface area contributed by atoms with Gasteiger partial charge in [0.2, 0.25) is 5.88 Å². The van der Waals surface area contributed by atoms with Gasteiger partial charge in [0.15, 0.2) is 5.82 Å². The second kappa shape index (κ2) is 8.91. The van der Waals surface area contributed by atoms with Gasteiger partial charge in [0, 0.05) is 18.0 Å². The van der Waals surface area contributed by atoms with E-state index in [1.165, 1.54) is 19.4 Å². The molecule has 0 aliphatic carbocycles. The Hall–Kier alpha value is -2.92. The van der Waals surface area contributed by atoms with Gasteiger partial charge in [0.05, 0.1) is 25.5 Å². The highest BCUT2D eigenvalue weighted by molar-refractivity contribution is 7.12. The molecule has 1 aliphatic rings. The molecule has 7 nitrogen and oxygen atoms in total. The van der Waals surface area contributed by atoms with Crippen LogP contribution in [0, 0.1) is 0 Å². The van der Waals surface area contributed by atoms with Crippen molar-refractivity contribution in [3.05, 3.63) is 67.5 Å². The van der Waals surface area contributed by atoms with Gasteiger partial charge in [0.25, 0.3) is 0 Å². The molecule has 12 heteroatoms. The van der Waals surface area contributed by atoms with Gasteiger partial charge < -0.3 is 9.64 Å². The van der Waals surface area contributed by atoms with Crippen molar-refractivity contribution < 1.29 is 17.9 Å². The molecule has 0 aromatic carbocycles. The number of rotatable bonds is 5. The van der Waals surface area contributed by atoms with E-state index in [-0.39, 0.29) is 6.54 Å². The average molecular weight is 484 g/mol. The first-order valence-corrected chi connectivity index (χ1v) is 10.7. The van der Waals surface area contributed by atoms with Crippen LogP contribution >= 0.6 is 22.9 Å². The molecule has 0 amide bonds. The number of alkyl halides is 3. The molecular formula is C20H17ClF3N5O2S. The van der Waals surface area contributed by atoms with E-state index in [2.05, 4.69) is 15.1 Å². The molecule has 0 bridgehead atoms. The third-order valence-corrected chi connectivity index (χ3v) is 6.26. The number of aromatic nitrogens is 4. The predicted molar refractivity (Wildman–Crippen MR) is 115 cm³/mol. The van der Waals surface area contributed by atoms with Crippen LogP contribution in [-0.2, 0) is 12.7 Å². The average Bonchev–Trinajstić information content (AvgIpc) is 3.25. The summed E-state index contributed by atoms with van der Waals surface area (Å²) in [6.07, 6.45) is -0.312. The fraction of sp³-hybridized carbons (Fsp3) is 0.300. The third-order valence-electron chi connectivity index (χ3n) is 4.86. The molecule has 32 heavy (non-hydrogen) atoms. The summed E-state index contributed by atoms with van der Waals surface area (Å²) in [7, 11) is 1.50. The lowest BCUT2D eigenvalue weighted by Crippen LogP contribution is -2.33. The van der Waals surface area contributed by atoms with Crippen molar-refractivity contribution in [3.63, 3.8) is 0 Å². The summed E-state index contributed by atoms with van der Waals surface area (Å²) < 4.78 is 44.5. The van der Waals surface area contributed by atoms with Gasteiger partial charge in [-0.25, -0.2) is 14.5 Å². The van der Waals surface area contributed by atoms with E-state index >= 15 is 0 Å². The molecule has 0 spiro atoms. The Kier molecular flexibility index (Phi) is 6.20. The van der Waals surface area contributed by atoms with Crippen LogP contribution in [0.2, 0.25) is 5.02 Å². The lowest BCUT2D eigenvalue weighted by Gasteiger charge is -2.27. The molecule has 0 atom stereocenters. The maximum absolute atomic E-state index is 12.8. The summed E-state index contributed by atoms with van der Waals surface area (Å²) in [4.78, 5) is 22.4. The second-order valence-corrected chi connectivity index (χ2v) is 8.51. The zero-order valence-electron chi connectivity index (χ0n) is 16.8. The summed E-state index contributed by atoms with van der Waals surface area (Å²) >= 11 is 6.61. The topological polar surface area (TPSA) is 73.1 Å². The number of thiophene rings is 1. The Bertz CT molecular complexity index is 1220. The minimum Gasteiger partial charge on any atom is -0.480 e. The number of hydrogen-bond acceptors (Lipinski definition) is 7. The summed E-state index contributed by atoms with van der Waals surface area (Å²) in [5.41, 5.74) is 1.17. The van der Waals surface area contributed by atoms with Gasteiger partial charge in [0.1, 0.15) is 9.90 Å². The van der Waals surface area contributed by atoms with Crippen molar-refractivity contribution in [3.8, 4) is 5.88 Å². The van der Waals surface area contributed by atoms with Crippen molar-refractivity contribution in [2.45, 2.75) is 19.1 Å². The molecule has 3 aromatic heterocycles. The maximum Gasteiger partial charge on any atom is 0.425 e. The van der Waals surface area contributed by atoms with Crippen LogP contribution in [0.3, 0.4) is 0 Å². The molecule has 1 aliphatic heterocycles. The molecular weight excluding hydrogens is 467 g/mol. The first kappa shape index (κ1) is 22.3. The smallest absolute Gasteiger partial charge is 0.425 e. The highest BCUT2D eigenvalue weighted by Crippen LogP contribution is 2.34. The fourth-order valence-electron chi connectivity index (χ4n) is 3.23. The monoisotopic (exact) mass is 483 g/mol. The number of nitrogens with zero attached hydrogens (tertiary/aromatic N) is 5. The van der Waals surface area contributed by atoms with E-state index in [0.29, 0.717) is 52.4 Å². The molecule has 0 saturated heterocycles. The molecule has 0 fully saturated rings. The van der Waals surface area contributed by atoms with Gasteiger partial charge in [-0.3, -0.25) is 0 Å². The number of pyridine rings is 1. The Morgan fingerprint density at radius 2 is 2.03 bits per heavy atom. The van der Waals surface area contributed by atoms with Crippen LogP contribution in [0.25, 0.3) is 5.57 Å². The van der Waals surface area contributed by atoms with Crippen LogP contribution in [0.4, 0.5) is 19.0 Å². The molecule has 168 valence electrons. The highest BCUT2D eigenvalue weighted by Gasteiger charge is 2.32. The minimum atomic E-state index is -4.41. The molecule has 4 heterocycles. The van der Waals surface area contributed by atoms with Crippen molar-refractivity contribution in [2.75, 3.05) is 25.1 Å². The van der Waals surface area contributed by atoms with Gasteiger partial charge in [-0.05, 0) is 36.3 Å². The molecule has 4 rings (SSSR count). The molecule has 0 radical (unpaired) electrons. The highest BCUT2D eigenvalue weighted by atomic mass is 35.5. The van der Waals surface area contributed by atoms with Crippen LogP contribution in [-0.4, -0.2) is 39.9 Å². The Morgan fingerprint density at radius 3 is 2.66 bits per heavy atom. The minimum absolute atomic E-state index is 0.0685.